The Morgan fingerprint density at radius 1 is 1.48 bits per heavy atom. The predicted octanol–water partition coefficient (Wildman–Crippen LogP) is 3.09. The van der Waals surface area contributed by atoms with Crippen molar-refractivity contribution in [3.8, 4) is 5.75 Å². The van der Waals surface area contributed by atoms with Crippen molar-refractivity contribution in [3.05, 3.63) is 34.7 Å². The van der Waals surface area contributed by atoms with Crippen LogP contribution in [0.1, 0.15) is 25.8 Å². The fraction of sp³-hybridized carbons (Fsp3) is 0.312. The monoisotopic (exact) mass is 351 g/mol. The van der Waals surface area contributed by atoms with E-state index in [4.69, 9.17) is 12.2 Å². The number of benzene rings is 1. The molecule has 0 spiro atoms. The van der Waals surface area contributed by atoms with Crippen molar-refractivity contribution in [2.75, 3.05) is 0 Å². The van der Waals surface area contributed by atoms with E-state index in [1.165, 1.54) is 17.0 Å². The van der Waals surface area contributed by atoms with Crippen LogP contribution in [-0.2, 0) is 9.59 Å². The van der Waals surface area contributed by atoms with E-state index in [0.717, 1.165) is 11.8 Å². The summed E-state index contributed by atoms with van der Waals surface area (Å²) in [5, 5.41) is 19.0. The number of thioether (sulfide) groups is 1. The van der Waals surface area contributed by atoms with Crippen molar-refractivity contribution < 1.29 is 19.8 Å². The lowest BCUT2D eigenvalue weighted by molar-refractivity contribution is -0.147. The highest BCUT2D eigenvalue weighted by Crippen LogP contribution is 2.36. The zero-order valence-corrected chi connectivity index (χ0v) is 14.4. The fourth-order valence-electron chi connectivity index (χ4n) is 2.32. The number of carbonyl (C=O) groups excluding carboxylic acids is 1. The number of amides is 1. The minimum atomic E-state index is -1.06. The summed E-state index contributed by atoms with van der Waals surface area (Å²) in [6.07, 6.45) is 2.23. The number of phenolic OH excluding ortho intramolecular Hbond substituents is 1. The molecular weight excluding hydrogens is 334 g/mol. The first-order valence-electron chi connectivity index (χ1n) is 7.14. The van der Waals surface area contributed by atoms with Gasteiger partial charge in [0.1, 0.15) is 16.1 Å². The quantitative estimate of drug-likeness (QED) is 0.627. The molecule has 1 amide bonds. The number of hydrogen-bond acceptors (Lipinski definition) is 5. The number of thiocarbonyl (C=S) groups is 1. The van der Waals surface area contributed by atoms with Gasteiger partial charge in [-0.1, -0.05) is 56.4 Å². The minimum absolute atomic E-state index is 0.0947. The Kier molecular flexibility index (Phi) is 5.43. The van der Waals surface area contributed by atoms with Crippen LogP contribution in [0.5, 0.6) is 5.75 Å². The van der Waals surface area contributed by atoms with Gasteiger partial charge in [0.05, 0.1) is 4.91 Å². The van der Waals surface area contributed by atoms with E-state index in [2.05, 4.69) is 0 Å². The van der Waals surface area contributed by atoms with Crippen LogP contribution in [0.3, 0.4) is 0 Å². The molecule has 1 aromatic carbocycles. The van der Waals surface area contributed by atoms with E-state index in [0.29, 0.717) is 16.9 Å². The average molecular weight is 351 g/mol. The molecule has 1 aliphatic rings. The predicted molar refractivity (Wildman–Crippen MR) is 94.0 cm³/mol. The van der Waals surface area contributed by atoms with Gasteiger partial charge in [-0.05, 0) is 29.7 Å². The third-order valence-corrected chi connectivity index (χ3v) is 5.04. The zero-order valence-electron chi connectivity index (χ0n) is 12.7. The van der Waals surface area contributed by atoms with Gasteiger partial charge in [0.2, 0.25) is 0 Å². The number of phenols is 1. The number of carboxylic acid groups (broad SMARTS) is 1. The lowest BCUT2D eigenvalue weighted by Crippen LogP contribution is -2.47. The highest BCUT2D eigenvalue weighted by atomic mass is 32.2. The summed E-state index contributed by atoms with van der Waals surface area (Å²) >= 11 is 6.29. The summed E-state index contributed by atoms with van der Waals surface area (Å²) in [4.78, 5) is 25.7. The summed E-state index contributed by atoms with van der Waals surface area (Å²) < 4.78 is 0.245. The fourth-order valence-corrected chi connectivity index (χ4v) is 3.65. The first-order valence-corrected chi connectivity index (χ1v) is 8.36. The third kappa shape index (κ3) is 3.73. The normalized spacial score (nSPS) is 19.2. The van der Waals surface area contributed by atoms with E-state index in [1.807, 2.05) is 6.92 Å². The smallest absolute Gasteiger partial charge is 0.327 e. The lowest BCUT2D eigenvalue weighted by Gasteiger charge is -2.27. The maximum Gasteiger partial charge on any atom is 0.327 e. The zero-order chi connectivity index (χ0) is 17.1. The van der Waals surface area contributed by atoms with Crippen molar-refractivity contribution >= 4 is 46.3 Å². The van der Waals surface area contributed by atoms with Crippen LogP contribution in [0.2, 0.25) is 0 Å². The molecule has 122 valence electrons. The highest BCUT2D eigenvalue weighted by Gasteiger charge is 2.42. The largest absolute Gasteiger partial charge is 0.508 e. The number of aliphatic carboxylic acids is 1. The van der Waals surface area contributed by atoms with Gasteiger partial charge in [-0.15, -0.1) is 0 Å². The van der Waals surface area contributed by atoms with Crippen molar-refractivity contribution in [2.45, 2.75) is 26.3 Å². The van der Waals surface area contributed by atoms with Crippen LogP contribution in [0.15, 0.2) is 29.2 Å². The van der Waals surface area contributed by atoms with Gasteiger partial charge in [-0.25, -0.2) is 4.79 Å². The molecule has 23 heavy (non-hydrogen) atoms. The van der Waals surface area contributed by atoms with Gasteiger partial charge in [-0.3, -0.25) is 9.69 Å². The second kappa shape index (κ2) is 7.14. The van der Waals surface area contributed by atoms with Gasteiger partial charge in [-0.2, -0.15) is 0 Å². The number of carboxylic acids is 1. The molecule has 1 aromatic rings. The molecule has 1 heterocycles. The van der Waals surface area contributed by atoms with Crippen LogP contribution >= 0.6 is 24.0 Å². The molecular formula is C16H17NO4S2. The Labute approximate surface area is 144 Å². The summed E-state index contributed by atoms with van der Waals surface area (Å²) in [5.41, 5.74) is 0.654. The first kappa shape index (κ1) is 17.5. The van der Waals surface area contributed by atoms with Crippen LogP contribution in [0.25, 0.3) is 6.08 Å². The Morgan fingerprint density at radius 3 is 2.74 bits per heavy atom. The molecule has 2 N–H and O–H groups in total. The summed E-state index contributed by atoms with van der Waals surface area (Å²) in [5.74, 6) is -1.59. The first-order chi connectivity index (χ1) is 10.8. The number of carbonyl (C=O) groups is 2. The van der Waals surface area contributed by atoms with Crippen molar-refractivity contribution in [1.82, 2.24) is 4.90 Å². The molecule has 2 unspecified atom stereocenters. The molecule has 7 heteroatoms. The second-order valence-electron chi connectivity index (χ2n) is 5.32. The van der Waals surface area contributed by atoms with Gasteiger partial charge in [0.25, 0.3) is 5.91 Å². The minimum Gasteiger partial charge on any atom is -0.508 e. The standard InChI is InChI=1S/C16H17NO4S2/c1-3-9(2)13(15(20)21)17-14(19)12(23-16(17)22)8-10-5-4-6-11(18)7-10/h4-9,13,18H,3H2,1-2H3,(H,20,21)/b12-8-. The second-order valence-corrected chi connectivity index (χ2v) is 6.99. The van der Waals surface area contributed by atoms with E-state index in [9.17, 15) is 19.8 Å². The van der Waals surface area contributed by atoms with Crippen LogP contribution in [-0.4, -0.2) is 37.4 Å². The van der Waals surface area contributed by atoms with Crippen molar-refractivity contribution in [1.29, 1.82) is 0 Å². The van der Waals surface area contributed by atoms with Crippen LogP contribution in [0.4, 0.5) is 0 Å². The van der Waals surface area contributed by atoms with Gasteiger partial charge < -0.3 is 10.2 Å². The van der Waals surface area contributed by atoms with Crippen LogP contribution < -0.4 is 0 Å². The van der Waals surface area contributed by atoms with E-state index < -0.39 is 17.9 Å². The summed E-state index contributed by atoms with van der Waals surface area (Å²) in [6, 6.07) is 5.50. The molecule has 0 aliphatic carbocycles. The number of hydrogen-bond donors (Lipinski definition) is 2. The molecule has 0 saturated carbocycles. The molecule has 2 atom stereocenters. The Hall–Kier alpha value is -1.86. The molecule has 1 fully saturated rings. The SMILES string of the molecule is CCC(C)C(C(=O)O)N1C(=O)/C(=C/c2cccc(O)c2)SC1=S. The number of nitrogens with zero attached hydrogens (tertiary/aromatic N) is 1. The molecule has 1 aliphatic heterocycles. The maximum atomic E-state index is 12.6. The number of rotatable bonds is 5. The Balaban J connectivity index is 2.34. The molecule has 5 nitrogen and oxygen atoms in total. The average Bonchev–Trinajstić information content (AvgIpc) is 2.75. The lowest BCUT2D eigenvalue weighted by atomic mass is 9.98. The number of aromatic hydroxyl groups is 1. The van der Waals surface area contributed by atoms with Gasteiger partial charge in [0, 0.05) is 0 Å². The molecule has 2 rings (SSSR count). The molecule has 1 saturated heterocycles. The molecule has 0 bridgehead atoms. The Bertz CT molecular complexity index is 686. The van der Waals surface area contributed by atoms with Gasteiger partial charge in [0.15, 0.2) is 0 Å². The van der Waals surface area contributed by atoms with Crippen molar-refractivity contribution in [2.24, 2.45) is 5.92 Å². The van der Waals surface area contributed by atoms with Crippen molar-refractivity contribution in [3.63, 3.8) is 0 Å². The van der Waals surface area contributed by atoms with E-state index in [1.54, 1.807) is 25.1 Å². The van der Waals surface area contributed by atoms with Crippen LogP contribution in [0, 0.1) is 5.92 Å². The maximum absolute atomic E-state index is 12.6. The summed E-state index contributed by atoms with van der Waals surface area (Å²) in [7, 11) is 0. The molecule has 0 aromatic heterocycles. The topological polar surface area (TPSA) is 77.8 Å². The highest BCUT2D eigenvalue weighted by molar-refractivity contribution is 8.26. The van der Waals surface area contributed by atoms with Gasteiger partial charge >= 0.3 is 5.97 Å². The Morgan fingerprint density at radius 2 is 2.17 bits per heavy atom. The molecule has 0 radical (unpaired) electrons. The van der Waals surface area contributed by atoms with E-state index >= 15 is 0 Å². The van der Waals surface area contributed by atoms with E-state index in [-0.39, 0.29) is 16.0 Å². The third-order valence-electron chi connectivity index (χ3n) is 3.71. The summed E-state index contributed by atoms with van der Waals surface area (Å²) in [6.45, 7) is 3.66.